The summed E-state index contributed by atoms with van der Waals surface area (Å²) >= 11 is 0. The van der Waals surface area contributed by atoms with Gasteiger partial charge in [0.1, 0.15) is 5.82 Å². The second-order valence-electron chi connectivity index (χ2n) is 5.53. The van der Waals surface area contributed by atoms with Crippen molar-refractivity contribution in [2.24, 2.45) is 0 Å². The first-order valence-electron chi connectivity index (χ1n) is 8.41. The maximum atomic E-state index is 12.3. The third-order valence-corrected chi connectivity index (χ3v) is 3.51. The van der Waals surface area contributed by atoms with Crippen molar-refractivity contribution in [2.75, 3.05) is 19.0 Å². The first kappa shape index (κ1) is 21.0. The molecule has 2 N–H and O–H groups in total. The van der Waals surface area contributed by atoms with Gasteiger partial charge in [-0.2, -0.15) is 4.98 Å². The van der Waals surface area contributed by atoms with Crippen LogP contribution in [0.5, 0.6) is 11.8 Å². The molecule has 0 radical (unpaired) electrons. The largest absolute Gasteiger partial charge is 0.481 e. The molecule has 0 bridgehead atoms. The van der Waals surface area contributed by atoms with Gasteiger partial charge in [-0.3, -0.25) is 9.59 Å². The zero-order valence-corrected chi connectivity index (χ0v) is 15.4. The highest BCUT2D eigenvalue weighted by Gasteiger charge is 2.12. The zero-order chi connectivity index (χ0) is 20.5. The highest BCUT2D eigenvalue weighted by molar-refractivity contribution is 5.96. The van der Waals surface area contributed by atoms with Gasteiger partial charge in [0.15, 0.2) is 6.61 Å². The van der Waals surface area contributed by atoms with Gasteiger partial charge in [-0.25, -0.2) is 13.8 Å². The molecule has 0 aromatic carbocycles. The fraction of sp³-hybridized carbons (Fsp3) is 0.333. The van der Waals surface area contributed by atoms with E-state index in [2.05, 4.69) is 20.6 Å². The van der Waals surface area contributed by atoms with Crippen LogP contribution in [0.1, 0.15) is 29.3 Å². The van der Waals surface area contributed by atoms with Crippen LogP contribution >= 0.6 is 0 Å². The monoisotopic (exact) mass is 394 g/mol. The molecule has 2 aromatic rings. The number of halogens is 2. The van der Waals surface area contributed by atoms with Crippen molar-refractivity contribution in [1.82, 2.24) is 15.3 Å². The van der Waals surface area contributed by atoms with E-state index in [1.54, 1.807) is 13.0 Å². The Kier molecular flexibility index (Phi) is 7.61. The number of ether oxygens (including phenoxy) is 2. The highest BCUT2D eigenvalue weighted by Crippen LogP contribution is 2.20. The van der Waals surface area contributed by atoms with Gasteiger partial charge in [0.05, 0.1) is 7.11 Å². The molecular formula is C18H20F2N4O4. The Morgan fingerprint density at radius 1 is 1.25 bits per heavy atom. The standard InChI is InChI=1S/C18H20F2N4O4/c1-3-15(25)23-14-8-11(6-7-21-14)17(26)22-9-12-4-5-16(24-18(12)27-2)28-10-13(19)20/h4-8,13H,3,9-10H2,1-2H3,(H,22,26)(H,21,23,25). The number of hydrogen-bond acceptors (Lipinski definition) is 6. The number of hydrogen-bond donors (Lipinski definition) is 2. The molecule has 8 nitrogen and oxygen atoms in total. The van der Waals surface area contributed by atoms with Crippen molar-refractivity contribution in [3.05, 3.63) is 41.6 Å². The Morgan fingerprint density at radius 2 is 2.04 bits per heavy atom. The molecule has 10 heteroatoms. The number of carbonyl (C=O) groups excluding carboxylic acids is 2. The minimum Gasteiger partial charge on any atom is -0.481 e. The van der Waals surface area contributed by atoms with Crippen LogP contribution in [-0.4, -0.2) is 41.9 Å². The normalized spacial score (nSPS) is 10.5. The molecule has 0 aliphatic heterocycles. The molecule has 2 heterocycles. The van der Waals surface area contributed by atoms with E-state index in [1.807, 2.05) is 0 Å². The van der Waals surface area contributed by atoms with Crippen molar-refractivity contribution in [2.45, 2.75) is 26.3 Å². The Hall–Kier alpha value is -3.30. The van der Waals surface area contributed by atoms with Crippen LogP contribution < -0.4 is 20.1 Å². The number of alkyl halides is 2. The van der Waals surface area contributed by atoms with E-state index < -0.39 is 18.9 Å². The lowest BCUT2D eigenvalue weighted by atomic mass is 10.2. The van der Waals surface area contributed by atoms with Gasteiger partial charge in [-0.05, 0) is 18.2 Å². The van der Waals surface area contributed by atoms with Crippen molar-refractivity contribution in [1.29, 1.82) is 0 Å². The average Bonchev–Trinajstić information content (AvgIpc) is 2.70. The van der Waals surface area contributed by atoms with Crippen LogP contribution in [0.3, 0.4) is 0 Å². The zero-order valence-electron chi connectivity index (χ0n) is 15.4. The van der Waals surface area contributed by atoms with E-state index >= 15 is 0 Å². The summed E-state index contributed by atoms with van der Waals surface area (Å²) in [4.78, 5) is 31.7. The maximum absolute atomic E-state index is 12.3. The molecule has 2 amide bonds. The molecule has 28 heavy (non-hydrogen) atoms. The minimum absolute atomic E-state index is 0.00216. The summed E-state index contributed by atoms with van der Waals surface area (Å²) in [6.45, 7) is 1.02. The Bertz CT molecular complexity index is 833. The number of nitrogens with one attached hydrogen (secondary N) is 2. The molecule has 150 valence electrons. The van der Waals surface area contributed by atoms with Crippen molar-refractivity contribution in [3.8, 4) is 11.8 Å². The molecule has 0 spiro atoms. The predicted molar refractivity (Wildman–Crippen MR) is 96.6 cm³/mol. The summed E-state index contributed by atoms with van der Waals surface area (Å²) in [5.41, 5.74) is 0.846. The second-order valence-corrected chi connectivity index (χ2v) is 5.53. The lowest BCUT2D eigenvalue weighted by Gasteiger charge is -2.11. The number of carbonyl (C=O) groups is 2. The lowest BCUT2D eigenvalue weighted by molar-refractivity contribution is -0.115. The molecular weight excluding hydrogens is 374 g/mol. The average molecular weight is 394 g/mol. The number of rotatable bonds is 9. The van der Waals surface area contributed by atoms with Gasteiger partial charge < -0.3 is 20.1 Å². The number of methoxy groups -OCH3 is 1. The van der Waals surface area contributed by atoms with Gasteiger partial charge in [0.2, 0.25) is 17.7 Å². The topological polar surface area (TPSA) is 102 Å². The summed E-state index contributed by atoms with van der Waals surface area (Å²) < 4.78 is 34.4. The van der Waals surface area contributed by atoms with Crippen molar-refractivity contribution < 1.29 is 27.8 Å². The molecule has 0 saturated carbocycles. The first-order chi connectivity index (χ1) is 13.4. The van der Waals surface area contributed by atoms with Crippen LogP contribution in [0.15, 0.2) is 30.5 Å². The fourth-order valence-electron chi connectivity index (χ4n) is 2.14. The number of aromatic nitrogens is 2. The lowest BCUT2D eigenvalue weighted by Crippen LogP contribution is -2.23. The molecule has 0 aliphatic carbocycles. The molecule has 0 atom stereocenters. The fourth-order valence-corrected chi connectivity index (χ4v) is 2.14. The van der Waals surface area contributed by atoms with E-state index in [-0.39, 0.29) is 30.0 Å². The van der Waals surface area contributed by atoms with Gasteiger partial charge >= 0.3 is 0 Å². The third-order valence-electron chi connectivity index (χ3n) is 3.51. The minimum atomic E-state index is -2.61. The number of amides is 2. The van der Waals surface area contributed by atoms with Gasteiger partial charge in [0, 0.05) is 36.4 Å². The molecule has 2 rings (SSSR count). The third kappa shape index (κ3) is 6.15. The van der Waals surface area contributed by atoms with Gasteiger partial charge in [-0.15, -0.1) is 0 Å². The molecule has 0 fully saturated rings. The maximum Gasteiger partial charge on any atom is 0.272 e. The van der Waals surface area contributed by atoms with Crippen LogP contribution in [0.25, 0.3) is 0 Å². The summed E-state index contributed by atoms with van der Waals surface area (Å²) in [6.07, 6.45) is -0.904. The van der Waals surface area contributed by atoms with Crippen LogP contribution in [0.2, 0.25) is 0 Å². The number of anilines is 1. The molecule has 0 aliphatic rings. The predicted octanol–water partition coefficient (Wildman–Crippen LogP) is 2.41. The number of nitrogens with zero attached hydrogens (tertiary/aromatic N) is 2. The molecule has 0 saturated heterocycles. The van der Waals surface area contributed by atoms with E-state index in [9.17, 15) is 18.4 Å². The number of pyridine rings is 2. The van der Waals surface area contributed by atoms with Crippen LogP contribution in [-0.2, 0) is 11.3 Å². The van der Waals surface area contributed by atoms with Crippen molar-refractivity contribution in [3.63, 3.8) is 0 Å². The summed E-state index contributed by atoms with van der Waals surface area (Å²) in [5.74, 6) is -0.181. The van der Waals surface area contributed by atoms with Crippen LogP contribution in [0, 0.1) is 0 Å². The smallest absolute Gasteiger partial charge is 0.272 e. The van der Waals surface area contributed by atoms with E-state index in [0.29, 0.717) is 17.5 Å². The Labute approximate surface area is 160 Å². The van der Waals surface area contributed by atoms with Gasteiger partial charge in [0.25, 0.3) is 12.3 Å². The van der Waals surface area contributed by atoms with E-state index in [1.165, 1.54) is 31.5 Å². The van der Waals surface area contributed by atoms with Gasteiger partial charge in [-0.1, -0.05) is 6.92 Å². The van der Waals surface area contributed by atoms with Crippen LogP contribution in [0.4, 0.5) is 14.6 Å². The first-order valence-corrected chi connectivity index (χ1v) is 8.41. The SMILES string of the molecule is CCC(=O)Nc1cc(C(=O)NCc2ccc(OCC(F)F)nc2OC)ccn1. The highest BCUT2D eigenvalue weighted by atomic mass is 19.3. The van der Waals surface area contributed by atoms with E-state index in [4.69, 9.17) is 9.47 Å². The Morgan fingerprint density at radius 3 is 2.71 bits per heavy atom. The summed E-state index contributed by atoms with van der Waals surface area (Å²) in [7, 11) is 1.37. The summed E-state index contributed by atoms with van der Waals surface area (Å²) in [5, 5.41) is 5.27. The van der Waals surface area contributed by atoms with E-state index in [0.717, 1.165) is 0 Å². The molecule has 0 unspecified atom stereocenters. The summed E-state index contributed by atoms with van der Waals surface area (Å²) in [6, 6.07) is 5.94. The molecule has 2 aromatic heterocycles. The Balaban J connectivity index is 2.02. The van der Waals surface area contributed by atoms with Crippen molar-refractivity contribution >= 4 is 17.6 Å². The quantitative estimate of drug-likeness (QED) is 0.677. The second kappa shape index (κ2) is 10.1.